The Bertz CT molecular complexity index is 1330. The third-order valence-corrected chi connectivity index (χ3v) is 11.4. The van der Waals surface area contributed by atoms with E-state index in [1.165, 1.54) is 103 Å². The number of hydrogen-bond donors (Lipinski definition) is 0. The van der Waals surface area contributed by atoms with Crippen LogP contribution in [0.1, 0.15) is 245 Å². The number of ether oxygens (including phenoxy) is 3. The molecule has 6 heteroatoms. The van der Waals surface area contributed by atoms with E-state index < -0.39 is 6.10 Å². The third-order valence-electron chi connectivity index (χ3n) is 11.4. The predicted molar refractivity (Wildman–Crippen MR) is 284 cm³/mol. The number of esters is 3. The molecule has 0 aromatic rings. The second kappa shape index (κ2) is 53.9. The molecule has 0 aromatic heterocycles. The van der Waals surface area contributed by atoms with Gasteiger partial charge in [-0.2, -0.15) is 0 Å². The van der Waals surface area contributed by atoms with Crippen LogP contribution in [0.4, 0.5) is 0 Å². The van der Waals surface area contributed by atoms with E-state index in [2.05, 4.69) is 118 Å². The van der Waals surface area contributed by atoms with Gasteiger partial charge in [0.05, 0.1) is 0 Å². The van der Waals surface area contributed by atoms with Crippen LogP contribution in [0.15, 0.2) is 97.2 Å². The first-order valence-corrected chi connectivity index (χ1v) is 27.3. The summed E-state index contributed by atoms with van der Waals surface area (Å²) in [6, 6.07) is 0. The van der Waals surface area contributed by atoms with Gasteiger partial charge in [-0.05, 0) is 103 Å². The Morgan fingerprint density at radius 2 is 0.667 bits per heavy atom. The number of carbonyl (C=O) groups excluding carboxylic acids is 3. The molecule has 66 heavy (non-hydrogen) atoms. The fraction of sp³-hybridized carbons (Fsp3) is 0.683. The standard InChI is InChI=1S/C60H100O6/c1-4-7-10-13-16-19-22-25-28-30-33-35-38-41-44-47-50-53-59(62)65-56-57(55-64-58(61)52-49-46-43-40-37-34-31-27-24-21-18-15-12-9-6-3)66-60(63)54-51-48-45-42-39-36-32-29-26-23-20-17-14-11-8-5-2/h8-9,11-12,15,17-18,20-21,24-26,28-29,36,39,57H,4-7,10,13-14,16,19,22-23,27,30-35,37-38,40-56H2,1-3H3/b11-8-,12-9-,18-15-,20-17-,24-21-,28-25-,29-26-,39-36-. The quantitative estimate of drug-likeness (QED) is 0.0199. The van der Waals surface area contributed by atoms with Gasteiger partial charge >= 0.3 is 17.9 Å². The lowest BCUT2D eigenvalue weighted by Gasteiger charge is -2.18. The summed E-state index contributed by atoms with van der Waals surface area (Å²) in [7, 11) is 0. The highest BCUT2D eigenvalue weighted by Gasteiger charge is 2.19. The summed E-state index contributed by atoms with van der Waals surface area (Å²) in [4.78, 5) is 38.1. The van der Waals surface area contributed by atoms with Crippen LogP contribution in [0.2, 0.25) is 0 Å². The molecule has 0 aliphatic heterocycles. The van der Waals surface area contributed by atoms with Gasteiger partial charge in [-0.15, -0.1) is 0 Å². The molecule has 6 nitrogen and oxygen atoms in total. The lowest BCUT2D eigenvalue weighted by molar-refractivity contribution is -0.167. The summed E-state index contributed by atoms with van der Waals surface area (Å²) in [5.41, 5.74) is 0. The molecule has 0 saturated heterocycles. The minimum atomic E-state index is -0.802. The molecule has 1 unspecified atom stereocenters. The molecule has 0 aliphatic rings. The van der Waals surface area contributed by atoms with Crippen LogP contribution < -0.4 is 0 Å². The van der Waals surface area contributed by atoms with Crippen molar-refractivity contribution in [1.29, 1.82) is 0 Å². The first kappa shape index (κ1) is 62.3. The van der Waals surface area contributed by atoms with Crippen molar-refractivity contribution in [3.05, 3.63) is 97.2 Å². The van der Waals surface area contributed by atoms with Gasteiger partial charge in [0.25, 0.3) is 0 Å². The van der Waals surface area contributed by atoms with E-state index in [0.717, 1.165) is 103 Å². The zero-order chi connectivity index (χ0) is 47.9. The Labute approximate surface area is 407 Å². The SMILES string of the molecule is CC\C=C/C=C\C=C/CCCCCCCCCC(=O)OCC(COC(=O)CCCCCCCCC/C=C\CCCCCCCC)OC(=O)CCCCC/C=C\C/C=C\C/C=C\C/C=C\CC. The van der Waals surface area contributed by atoms with Crippen LogP contribution in [0.3, 0.4) is 0 Å². The van der Waals surface area contributed by atoms with Crippen LogP contribution in [-0.2, 0) is 28.6 Å². The average molecular weight is 917 g/mol. The fourth-order valence-corrected chi connectivity index (χ4v) is 7.31. The van der Waals surface area contributed by atoms with Crippen molar-refractivity contribution >= 4 is 17.9 Å². The highest BCUT2D eigenvalue weighted by atomic mass is 16.6. The van der Waals surface area contributed by atoms with Gasteiger partial charge in [0.2, 0.25) is 0 Å². The fourth-order valence-electron chi connectivity index (χ4n) is 7.31. The monoisotopic (exact) mass is 917 g/mol. The highest BCUT2D eigenvalue weighted by Crippen LogP contribution is 2.14. The number of allylic oxidation sites excluding steroid dienone is 16. The van der Waals surface area contributed by atoms with Crippen LogP contribution in [0.5, 0.6) is 0 Å². The van der Waals surface area contributed by atoms with Gasteiger partial charge in [-0.1, -0.05) is 221 Å². The average Bonchev–Trinajstić information content (AvgIpc) is 3.31. The summed E-state index contributed by atoms with van der Waals surface area (Å²) in [6.07, 6.45) is 71.0. The molecule has 1 atom stereocenters. The zero-order valence-electron chi connectivity index (χ0n) is 42.9. The second-order valence-corrected chi connectivity index (χ2v) is 17.8. The zero-order valence-corrected chi connectivity index (χ0v) is 42.9. The molecular weight excluding hydrogens is 817 g/mol. The molecule has 0 rings (SSSR count). The maximum absolute atomic E-state index is 12.8. The van der Waals surface area contributed by atoms with E-state index >= 15 is 0 Å². The van der Waals surface area contributed by atoms with Crippen LogP contribution >= 0.6 is 0 Å². The molecule has 0 heterocycles. The Morgan fingerprint density at radius 1 is 0.333 bits per heavy atom. The van der Waals surface area contributed by atoms with Gasteiger partial charge < -0.3 is 14.2 Å². The maximum atomic E-state index is 12.8. The minimum Gasteiger partial charge on any atom is -0.462 e. The largest absolute Gasteiger partial charge is 0.462 e. The van der Waals surface area contributed by atoms with Crippen molar-refractivity contribution < 1.29 is 28.6 Å². The summed E-state index contributed by atoms with van der Waals surface area (Å²) in [6.45, 7) is 6.35. The number of hydrogen-bond acceptors (Lipinski definition) is 6. The lowest BCUT2D eigenvalue weighted by Crippen LogP contribution is -2.30. The number of rotatable bonds is 48. The van der Waals surface area contributed by atoms with E-state index in [4.69, 9.17) is 14.2 Å². The summed E-state index contributed by atoms with van der Waals surface area (Å²) < 4.78 is 16.8. The number of unbranched alkanes of at least 4 members (excludes halogenated alkanes) is 23. The molecule has 0 N–H and O–H groups in total. The molecule has 0 aromatic carbocycles. The van der Waals surface area contributed by atoms with Crippen LogP contribution in [-0.4, -0.2) is 37.2 Å². The molecule has 376 valence electrons. The van der Waals surface area contributed by atoms with Crippen LogP contribution in [0, 0.1) is 0 Å². The van der Waals surface area contributed by atoms with Crippen molar-refractivity contribution in [3.63, 3.8) is 0 Å². The second-order valence-electron chi connectivity index (χ2n) is 17.8. The Balaban J connectivity index is 4.46. The van der Waals surface area contributed by atoms with Crippen molar-refractivity contribution in [1.82, 2.24) is 0 Å². The van der Waals surface area contributed by atoms with Gasteiger partial charge in [0.15, 0.2) is 6.10 Å². The molecule has 0 amide bonds. The molecule has 0 bridgehead atoms. The van der Waals surface area contributed by atoms with Crippen molar-refractivity contribution in [2.24, 2.45) is 0 Å². The molecule has 0 spiro atoms. The van der Waals surface area contributed by atoms with E-state index in [9.17, 15) is 14.4 Å². The lowest BCUT2D eigenvalue weighted by atomic mass is 10.1. The normalized spacial score (nSPS) is 12.8. The summed E-state index contributed by atoms with van der Waals surface area (Å²) in [5, 5.41) is 0. The topological polar surface area (TPSA) is 78.9 Å². The highest BCUT2D eigenvalue weighted by molar-refractivity contribution is 5.71. The predicted octanol–water partition coefficient (Wildman–Crippen LogP) is 18.1. The van der Waals surface area contributed by atoms with Crippen molar-refractivity contribution in [2.45, 2.75) is 252 Å². The molecule has 0 saturated carbocycles. The summed E-state index contributed by atoms with van der Waals surface area (Å²) >= 11 is 0. The van der Waals surface area contributed by atoms with Gasteiger partial charge in [0, 0.05) is 19.3 Å². The Kier molecular flexibility index (Phi) is 50.9. The first-order chi connectivity index (χ1) is 32.5. The Hall–Kier alpha value is -3.67. The van der Waals surface area contributed by atoms with Crippen molar-refractivity contribution in [3.8, 4) is 0 Å². The van der Waals surface area contributed by atoms with Crippen molar-refractivity contribution in [2.75, 3.05) is 13.2 Å². The molecule has 0 fully saturated rings. The smallest absolute Gasteiger partial charge is 0.306 e. The van der Waals surface area contributed by atoms with E-state index in [-0.39, 0.29) is 37.5 Å². The maximum Gasteiger partial charge on any atom is 0.306 e. The molecule has 0 radical (unpaired) electrons. The van der Waals surface area contributed by atoms with E-state index in [1.807, 2.05) is 0 Å². The molecular formula is C60H100O6. The van der Waals surface area contributed by atoms with Gasteiger partial charge in [0.1, 0.15) is 13.2 Å². The van der Waals surface area contributed by atoms with Gasteiger partial charge in [-0.25, -0.2) is 0 Å². The Morgan fingerprint density at radius 3 is 1.12 bits per heavy atom. The minimum absolute atomic E-state index is 0.0973. The van der Waals surface area contributed by atoms with Crippen LogP contribution in [0.25, 0.3) is 0 Å². The van der Waals surface area contributed by atoms with E-state index in [1.54, 1.807) is 0 Å². The molecule has 0 aliphatic carbocycles. The van der Waals surface area contributed by atoms with Gasteiger partial charge in [-0.3, -0.25) is 14.4 Å². The number of carbonyl (C=O) groups is 3. The first-order valence-electron chi connectivity index (χ1n) is 27.3. The van der Waals surface area contributed by atoms with E-state index in [0.29, 0.717) is 12.8 Å². The third kappa shape index (κ3) is 51.3. The summed E-state index contributed by atoms with van der Waals surface area (Å²) in [5.74, 6) is -0.945.